The SMILES string of the molecule is CCCCCCCCCCC(=O)Oc1ccc(OC(=O)CCCCCCCCCC)c2ccccc12. The first-order chi connectivity index (χ1) is 17.7. The summed E-state index contributed by atoms with van der Waals surface area (Å²) in [4.78, 5) is 24.9. The second-order valence-corrected chi connectivity index (χ2v) is 10.0. The Bertz CT molecular complexity index is 816. The molecule has 0 atom stereocenters. The van der Waals surface area contributed by atoms with Gasteiger partial charge in [-0.25, -0.2) is 0 Å². The summed E-state index contributed by atoms with van der Waals surface area (Å²) in [5.74, 6) is 0.646. The van der Waals surface area contributed by atoms with Crippen molar-refractivity contribution >= 4 is 22.7 Å². The fourth-order valence-electron chi connectivity index (χ4n) is 4.58. The number of hydrogen-bond donors (Lipinski definition) is 0. The van der Waals surface area contributed by atoms with Crippen LogP contribution in [0, 0.1) is 0 Å². The normalized spacial score (nSPS) is 11.1. The van der Waals surface area contributed by atoms with Crippen LogP contribution < -0.4 is 9.47 Å². The molecule has 0 saturated heterocycles. The van der Waals surface area contributed by atoms with Gasteiger partial charge in [0.2, 0.25) is 0 Å². The van der Waals surface area contributed by atoms with Crippen LogP contribution in [0.25, 0.3) is 10.8 Å². The van der Waals surface area contributed by atoms with E-state index in [0.717, 1.165) is 36.5 Å². The van der Waals surface area contributed by atoms with E-state index in [1.54, 1.807) is 12.1 Å². The Morgan fingerprint density at radius 3 is 1.19 bits per heavy atom. The van der Waals surface area contributed by atoms with Crippen LogP contribution in [0.1, 0.15) is 129 Å². The number of benzene rings is 2. The molecule has 0 amide bonds. The topological polar surface area (TPSA) is 52.6 Å². The zero-order valence-electron chi connectivity index (χ0n) is 22.8. The van der Waals surface area contributed by atoms with E-state index in [1.165, 1.54) is 77.0 Å². The number of carbonyl (C=O) groups is 2. The van der Waals surface area contributed by atoms with Gasteiger partial charge in [-0.3, -0.25) is 9.59 Å². The van der Waals surface area contributed by atoms with Crippen LogP contribution in [0.15, 0.2) is 36.4 Å². The number of fused-ring (bicyclic) bond motifs is 1. The molecule has 2 aromatic rings. The predicted octanol–water partition coefficient (Wildman–Crippen LogP) is 9.71. The monoisotopic (exact) mass is 496 g/mol. The smallest absolute Gasteiger partial charge is 0.311 e. The predicted molar refractivity (Wildman–Crippen MR) is 150 cm³/mol. The lowest BCUT2D eigenvalue weighted by Crippen LogP contribution is -2.09. The molecule has 2 aromatic carbocycles. The van der Waals surface area contributed by atoms with E-state index in [1.807, 2.05) is 24.3 Å². The molecule has 0 N–H and O–H groups in total. The van der Waals surface area contributed by atoms with Crippen molar-refractivity contribution < 1.29 is 19.1 Å². The quantitative estimate of drug-likeness (QED) is 0.104. The van der Waals surface area contributed by atoms with Crippen LogP contribution in [-0.2, 0) is 9.59 Å². The first-order valence-corrected chi connectivity index (χ1v) is 14.6. The lowest BCUT2D eigenvalue weighted by molar-refractivity contribution is -0.135. The summed E-state index contributed by atoms with van der Waals surface area (Å²) < 4.78 is 11.4. The first kappa shape index (κ1) is 29.9. The van der Waals surface area contributed by atoms with Crippen molar-refractivity contribution in [2.45, 2.75) is 129 Å². The number of esters is 2. The Morgan fingerprint density at radius 2 is 0.833 bits per heavy atom. The lowest BCUT2D eigenvalue weighted by Gasteiger charge is -2.12. The average Bonchev–Trinajstić information content (AvgIpc) is 2.88. The molecule has 0 saturated carbocycles. The van der Waals surface area contributed by atoms with E-state index in [0.29, 0.717) is 24.3 Å². The maximum absolute atomic E-state index is 12.4. The van der Waals surface area contributed by atoms with Crippen molar-refractivity contribution in [3.63, 3.8) is 0 Å². The second kappa shape index (κ2) is 18.8. The zero-order chi connectivity index (χ0) is 25.8. The number of rotatable bonds is 20. The average molecular weight is 497 g/mol. The van der Waals surface area contributed by atoms with Gasteiger partial charge in [-0.2, -0.15) is 0 Å². The Balaban J connectivity index is 1.77. The van der Waals surface area contributed by atoms with E-state index in [4.69, 9.17) is 9.47 Å². The number of carbonyl (C=O) groups excluding carboxylic acids is 2. The zero-order valence-corrected chi connectivity index (χ0v) is 22.8. The maximum atomic E-state index is 12.4. The minimum atomic E-state index is -0.203. The van der Waals surface area contributed by atoms with Gasteiger partial charge in [-0.1, -0.05) is 128 Å². The third-order valence-corrected chi connectivity index (χ3v) is 6.76. The summed E-state index contributed by atoms with van der Waals surface area (Å²) in [5, 5.41) is 1.58. The highest BCUT2D eigenvalue weighted by Crippen LogP contribution is 2.33. The van der Waals surface area contributed by atoms with E-state index >= 15 is 0 Å². The molecule has 0 aliphatic carbocycles. The Kier molecular flexibility index (Phi) is 15.6. The van der Waals surface area contributed by atoms with Gasteiger partial charge in [0.1, 0.15) is 11.5 Å². The Hall–Kier alpha value is -2.36. The second-order valence-electron chi connectivity index (χ2n) is 10.0. The van der Waals surface area contributed by atoms with Gasteiger partial charge in [0, 0.05) is 23.6 Å². The summed E-state index contributed by atoms with van der Waals surface area (Å²) in [5.41, 5.74) is 0. The van der Waals surface area contributed by atoms with Gasteiger partial charge < -0.3 is 9.47 Å². The fourth-order valence-corrected chi connectivity index (χ4v) is 4.58. The number of hydrogen-bond acceptors (Lipinski definition) is 4. The van der Waals surface area contributed by atoms with Crippen molar-refractivity contribution in [2.24, 2.45) is 0 Å². The van der Waals surface area contributed by atoms with Crippen molar-refractivity contribution in [1.29, 1.82) is 0 Å². The standard InChI is InChI=1S/C32H48O4/c1-3-5-7-9-11-13-15-17-23-31(33)35-29-25-26-30(28-22-20-19-21-27(28)29)36-32(34)24-18-16-14-12-10-8-6-4-2/h19-22,25-26H,3-18,23-24H2,1-2H3. The molecular weight excluding hydrogens is 448 g/mol. The highest BCUT2D eigenvalue weighted by molar-refractivity contribution is 5.96. The van der Waals surface area contributed by atoms with E-state index in [2.05, 4.69) is 13.8 Å². The molecule has 2 rings (SSSR count). The highest BCUT2D eigenvalue weighted by Gasteiger charge is 2.14. The number of unbranched alkanes of at least 4 members (excludes halogenated alkanes) is 14. The fraction of sp³-hybridized carbons (Fsp3) is 0.625. The molecule has 0 aromatic heterocycles. The third-order valence-electron chi connectivity index (χ3n) is 6.76. The Labute approximate surface area is 219 Å². The summed E-state index contributed by atoms with van der Waals surface area (Å²) in [6, 6.07) is 11.1. The summed E-state index contributed by atoms with van der Waals surface area (Å²) in [7, 11) is 0. The van der Waals surface area contributed by atoms with Crippen molar-refractivity contribution in [3.8, 4) is 11.5 Å². The molecule has 4 nitrogen and oxygen atoms in total. The highest BCUT2D eigenvalue weighted by atomic mass is 16.5. The van der Waals surface area contributed by atoms with Crippen LogP contribution in [-0.4, -0.2) is 11.9 Å². The summed E-state index contributed by atoms with van der Waals surface area (Å²) in [6.45, 7) is 4.46. The molecule has 36 heavy (non-hydrogen) atoms. The van der Waals surface area contributed by atoms with E-state index in [-0.39, 0.29) is 11.9 Å². The van der Waals surface area contributed by atoms with Crippen LogP contribution in [0.4, 0.5) is 0 Å². The van der Waals surface area contributed by atoms with Gasteiger partial charge in [0.05, 0.1) is 0 Å². The molecule has 4 heteroatoms. The molecule has 200 valence electrons. The van der Waals surface area contributed by atoms with Crippen LogP contribution in [0.5, 0.6) is 11.5 Å². The molecule has 0 spiro atoms. The van der Waals surface area contributed by atoms with Crippen molar-refractivity contribution in [2.75, 3.05) is 0 Å². The molecule has 0 heterocycles. The minimum absolute atomic E-state index is 0.203. The largest absolute Gasteiger partial charge is 0.426 e. The lowest BCUT2D eigenvalue weighted by atomic mass is 10.1. The molecular formula is C32H48O4. The molecule has 0 aliphatic rings. The summed E-state index contributed by atoms with van der Waals surface area (Å²) >= 11 is 0. The van der Waals surface area contributed by atoms with Crippen LogP contribution >= 0.6 is 0 Å². The van der Waals surface area contributed by atoms with Crippen molar-refractivity contribution in [1.82, 2.24) is 0 Å². The third kappa shape index (κ3) is 12.1. The first-order valence-electron chi connectivity index (χ1n) is 14.6. The number of ether oxygens (including phenoxy) is 2. The van der Waals surface area contributed by atoms with E-state index < -0.39 is 0 Å². The van der Waals surface area contributed by atoms with Crippen LogP contribution in [0.2, 0.25) is 0 Å². The molecule has 0 unspecified atom stereocenters. The molecule has 0 radical (unpaired) electrons. The van der Waals surface area contributed by atoms with Gasteiger partial charge >= 0.3 is 11.9 Å². The molecule has 0 aliphatic heterocycles. The Morgan fingerprint density at radius 1 is 0.500 bits per heavy atom. The van der Waals surface area contributed by atoms with Gasteiger partial charge in [0.15, 0.2) is 0 Å². The van der Waals surface area contributed by atoms with Crippen molar-refractivity contribution in [3.05, 3.63) is 36.4 Å². The minimum Gasteiger partial charge on any atom is -0.426 e. The van der Waals surface area contributed by atoms with Gasteiger partial charge in [0.25, 0.3) is 0 Å². The van der Waals surface area contributed by atoms with Crippen LogP contribution in [0.3, 0.4) is 0 Å². The molecule has 0 bridgehead atoms. The van der Waals surface area contributed by atoms with Gasteiger partial charge in [-0.05, 0) is 25.0 Å². The summed E-state index contributed by atoms with van der Waals surface area (Å²) in [6.07, 6.45) is 19.9. The molecule has 0 fully saturated rings. The maximum Gasteiger partial charge on any atom is 0.311 e. The van der Waals surface area contributed by atoms with Gasteiger partial charge in [-0.15, -0.1) is 0 Å². The van der Waals surface area contributed by atoms with E-state index in [9.17, 15) is 9.59 Å².